The van der Waals surface area contributed by atoms with Gasteiger partial charge in [0.25, 0.3) is 0 Å². The van der Waals surface area contributed by atoms with Crippen LogP contribution in [-0.4, -0.2) is 23.4 Å². The summed E-state index contributed by atoms with van der Waals surface area (Å²) in [5.41, 5.74) is 0. The predicted octanol–water partition coefficient (Wildman–Crippen LogP) is 5.53. The van der Waals surface area contributed by atoms with Gasteiger partial charge in [-0.2, -0.15) is 0 Å². The summed E-state index contributed by atoms with van der Waals surface area (Å²) in [4.78, 5) is 4.83. The van der Waals surface area contributed by atoms with Crippen LogP contribution in [0.1, 0.15) is 65.7 Å². The van der Waals surface area contributed by atoms with Crippen LogP contribution in [0.25, 0.3) is 0 Å². The molecule has 0 bridgehead atoms. The molecule has 1 aromatic heterocycles. The van der Waals surface area contributed by atoms with Crippen molar-refractivity contribution in [1.82, 2.24) is 4.98 Å². The summed E-state index contributed by atoms with van der Waals surface area (Å²) >= 11 is -2.23. The molecule has 0 aromatic carbocycles. The van der Waals surface area contributed by atoms with Gasteiger partial charge < -0.3 is 0 Å². The van der Waals surface area contributed by atoms with E-state index in [0.717, 1.165) is 0 Å². The fourth-order valence-corrected chi connectivity index (χ4v) is 18.3. The Kier molecular flexibility index (Phi) is 9.58. The summed E-state index contributed by atoms with van der Waals surface area (Å²) in [5, 5.41) is 0. The number of rotatable bonds is 11. The van der Waals surface area contributed by atoms with Crippen molar-refractivity contribution in [3.8, 4) is 0 Å². The van der Waals surface area contributed by atoms with Gasteiger partial charge in [-0.3, -0.25) is 0 Å². The molecule has 0 saturated carbocycles. The molecule has 0 aliphatic rings. The summed E-state index contributed by atoms with van der Waals surface area (Å²) in [6, 6.07) is 6.64. The van der Waals surface area contributed by atoms with Crippen LogP contribution in [0.5, 0.6) is 0 Å². The summed E-state index contributed by atoms with van der Waals surface area (Å²) in [5.74, 6) is 0. The molecule has 20 heavy (non-hydrogen) atoms. The summed E-state index contributed by atoms with van der Waals surface area (Å²) in [6.07, 6.45) is 11.7. The minimum atomic E-state index is -2.23. The number of hydrogen-bond acceptors (Lipinski definition) is 1. The van der Waals surface area contributed by atoms with Gasteiger partial charge in [-0.1, -0.05) is 0 Å². The van der Waals surface area contributed by atoms with Crippen LogP contribution >= 0.6 is 0 Å². The van der Waals surface area contributed by atoms with Gasteiger partial charge in [-0.05, 0) is 0 Å². The van der Waals surface area contributed by atoms with Crippen LogP contribution in [0, 0.1) is 0 Å². The van der Waals surface area contributed by atoms with Crippen LogP contribution in [0.3, 0.4) is 0 Å². The van der Waals surface area contributed by atoms with E-state index in [-0.39, 0.29) is 0 Å². The number of nitrogens with zero attached hydrogens (tertiary/aromatic N) is 1. The summed E-state index contributed by atoms with van der Waals surface area (Å²) in [6.45, 7) is 6.98. The Labute approximate surface area is 130 Å². The monoisotopic (exact) mass is 383 g/mol. The Morgan fingerprint density at radius 3 is 1.90 bits per heavy atom. The van der Waals surface area contributed by atoms with Crippen molar-refractivity contribution in [2.45, 2.75) is 79.0 Å². The first-order valence-corrected chi connectivity index (χ1v) is 16.2. The molecule has 0 fully saturated rings. The fraction of sp³-hybridized carbons (Fsp3) is 0.722. The topological polar surface area (TPSA) is 12.9 Å². The molecule has 114 valence electrons. The molecule has 2 heteroatoms. The van der Waals surface area contributed by atoms with Gasteiger partial charge in [0.05, 0.1) is 0 Å². The second-order valence-electron chi connectivity index (χ2n) is 6.16. The molecule has 0 atom stereocenters. The zero-order valence-corrected chi connectivity index (χ0v) is 16.7. The third-order valence-electron chi connectivity index (χ3n) is 4.48. The quantitative estimate of drug-likeness (QED) is 0.362. The van der Waals surface area contributed by atoms with E-state index in [9.17, 15) is 0 Å². The molecule has 0 N–H and O–H groups in total. The van der Waals surface area contributed by atoms with Crippen LogP contribution < -0.4 is 3.71 Å². The van der Waals surface area contributed by atoms with E-state index in [0.29, 0.717) is 0 Å². The van der Waals surface area contributed by atoms with E-state index < -0.39 is 18.4 Å². The fourth-order valence-electron chi connectivity index (χ4n) is 3.18. The van der Waals surface area contributed by atoms with Gasteiger partial charge in [0, 0.05) is 0 Å². The third-order valence-corrected chi connectivity index (χ3v) is 19.7. The van der Waals surface area contributed by atoms with E-state index in [1.54, 1.807) is 3.71 Å². The molecule has 0 spiro atoms. The Morgan fingerprint density at radius 1 is 0.800 bits per heavy atom. The van der Waals surface area contributed by atoms with Gasteiger partial charge in [0.15, 0.2) is 0 Å². The van der Waals surface area contributed by atoms with Crippen LogP contribution in [0.4, 0.5) is 0 Å². The van der Waals surface area contributed by atoms with Crippen molar-refractivity contribution in [1.29, 1.82) is 0 Å². The second-order valence-corrected chi connectivity index (χ2v) is 19.2. The molecule has 1 nitrogen and oxygen atoms in total. The number of hydrogen-bond donors (Lipinski definition) is 0. The van der Waals surface area contributed by atoms with Crippen molar-refractivity contribution >= 4 is 22.1 Å². The van der Waals surface area contributed by atoms with Crippen molar-refractivity contribution in [2.75, 3.05) is 0 Å². The Hall–Kier alpha value is -0.0513. The molecule has 0 radical (unpaired) electrons. The van der Waals surface area contributed by atoms with Crippen LogP contribution in [0.15, 0.2) is 24.4 Å². The first-order valence-electron chi connectivity index (χ1n) is 8.70. The van der Waals surface area contributed by atoms with E-state index in [1.165, 1.54) is 58.3 Å². The maximum atomic E-state index is 4.83. The Morgan fingerprint density at radius 2 is 1.40 bits per heavy atom. The van der Waals surface area contributed by atoms with E-state index >= 15 is 0 Å². The van der Waals surface area contributed by atoms with Crippen molar-refractivity contribution < 1.29 is 0 Å². The van der Waals surface area contributed by atoms with Crippen LogP contribution in [0.2, 0.25) is 13.3 Å². The SMILES string of the molecule is CCCC[CH2][Sn]([CH2]CCC)([CH2]CCC)[c]1ccccn1. The average Bonchev–Trinajstić information content (AvgIpc) is 2.51. The normalized spacial score (nSPS) is 11.8. The molecular formula is C18H33NSn. The molecule has 0 aliphatic heterocycles. The average molecular weight is 382 g/mol. The second kappa shape index (κ2) is 10.6. The molecule has 0 amide bonds. The first-order chi connectivity index (χ1) is 9.79. The Balaban J connectivity index is 2.90. The molecule has 0 aliphatic carbocycles. The van der Waals surface area contributed by atoms with Crippen molar-refractivity contribution in [3.63, 3.8) is 0 Å². The van der Waals surface area contributed by atoms with E-state index in [1.807, 2.05) is 6.20 Å². The van der Waals surface area contributed by atoms with Gasteiger partial charge >= 0.3 is 130 Å². The van der Waals surface area contributed by atoms with Gasteiger partial charge in [0.2, 0.25) is 0 Å². The molecule has 1 heterocycles. The Bertz CT molecular complexity index is 329. The standard InChI is InChI=1S/C5H4N.C5H11.2C4H9.Sn/c1-2-4-6-5-3-1;1-3-5-4-2;2*1-3-4-2;/h1-4H;1,3-5H2,2H3;2*1,3-4H2,2H3;. The minimum absolute atomic E-state index is 1.34. The zero-order chi connectivity index (χ0) is 14.7. The van der Waals surface area contributed by atoms with Crippen molar-refractivity contribution in [3.05, 3.63) is 24.4 Å². The zero-order valence-electron chi connectivity index (χ0n) is 13.8. The molecule has 0 saturated heterocycles. The summed E-state index contributed by atoms with van der Waals surface area (Å²) in [7, 11) is 0. The molecular weight excluding hydrogens is 349 g/mol. The molecule has 0 unspecified atom stereocenters. The molecule has 1 rings (SSSR count). The van der Waals surface area contributed by atoms with Gasteiger partial charge in [-0.25, -0.2) is 0 Å². The number of unbranched alkanes of at least 4 members (excludes halogenated alkanes) is 4. The van der Waals surface area contributed by atoms with E-state index in [4.69, 9.17) is 4.98 Å². The predicted molar refractivity (Wildman–Crippen MR) is 93.4 cm³/mol. The molecule has 1 aromatic rings. The van der Waals surface area contributed by atoms with E-state index in [2.05, 4.69) is 39.0 Å². The maximum absolute atomic E-state index is 4.83. The van der Waals surface area contributed by atoms with Gasteiger partial charge in [0.1, 0.15) is 0 Å². The van der Waals surface area contributed by atoms with Crippen molar-refractivity contribution in [2.24, 2.45) is 0 Å². The third kappa shape index (κ3) is 5.75. The number of pyridine rings is 1. The number of aromatic nitrogens is 1. The first kappa shape index (κ1) is 18.0. The summed E-state index contributed by atoms with van der Waals surface area (Å²) < 4.78 is 6.12. The van der Waals surface area contributed by atoms with Gasteiger partial charge in [-0.15, -0.1) is 0 Å². The van der Waals surface area contributed by atoms with Crippen LogP contribution in [-0.2, 0) is 0 Å².